The highest BCUT2D eigenvalue weighted by Gasteiger charge is 2.37. The van der Waals surface area contributed by atoms with Crippen LogP contribution in [0.15, 0.2) is 48.7 Å². The smallest absolute Gasteiger partial charge is 0.324 e. The van der Waals surface area contributed by atoms with Crippen LogP contribution in [0.3, 0.4) is 0 Å². The Balaban J connectivity index is 1.66. The van der Waals surface area contributed by atoms with Gasteiger partial charge >= 0.3 is 5.97 Å². The largest absolute Gasteiger partial charge is 0.468 e. The lowest BCUT2D eigenvalue weighted by Crippen LogP contribution is -2.55. The molecule has 1 aromatic heterocycles. The van der Waals surface area contributed by atoms with Crippen LogP contribution in [0.1, 0.15) is 12.0 Å². The van der Waals surface area contributed by atoms with Crippen molar-refractivity contribution < 1.29 is 17.9 Å². The summed E-state index contributed by atoms with van der Waals surface area (Å²) in [6, 6.07) is 12.3. The van der Waals surface area contributed by atoms with Gasteiger partial charge < -0.3 is 9.64 Å². The second kappa shape index (κ2) is 10.4. The van der Waals surface area contributed by atoms with E-state index in [0.717, 1.165) is 15.7 Å². The fourth-order valence-corrected chi connectivity index (χ4v) is 5.19. The first-order valence-electron chi connectivity index (χ1n) is 10.0. The molecule has 10 heteroatoms. The van der Waals surface area contributed by atoms with Gasteiger partial charge in [0.1, 0.15) is 11.9 Å². The van der Waals surface area contributed by atoms with Crippen LogP contribution in [0, 0.1) is 0 Å². The molecule has 0 saturated carbocycles. The van der Waals surface area contributed by atoms with Crippen LogP contribution in [0.2, 0.25) is 5.02 Å². The number of likely N-dealkylation sites (N-methyl/N-ethyl adjacent to an activating group) is 1. The first-order chi connectivity index (χ1) is 14.8. The Bertz CT molecular complexity index is 965. The van der Waals surface area contributed by atoms with Gasteiger partial charge in [-0.3, -0.25) is 4.79 Å². The van der Waals surface area contributed by atoms with Crippen molar-refractivity contribution in [3.63, 3.8) is 0 Å². The van der Waals surface area contributed by atoms with Crippen LogP contribution < -0.4 is 4.90 Å². The number of rotatable bonds is 8. The molecule has 1 fully saturated rings. The van der Waals surface area contributed by atoms with Crippen LogP contribution in [0.4, 0.5) is 5.82 Å². The number of esters is 1. The standard InChI is InChI=1S/C21H27ClN4O4S/c1-24(19(21(27)30-2)10-8-17-6-4-3-5-7-17)31(28,29)26-14-12-25(13-15-26)20-11-9-18(22)16-23-20/h3-7,9,11,16,19H,8,10,12-15H2,1-2H3. The lowest BCUT2D eigenvalue weighted by Gasteiger charge is -2.37. The minimum atomic E-state index is -3.84. The zero-order valence-electron chi connectivity index (χ0n) is 17.6. The lowest BCUT2D eigenvalue weighted by molar-refractivity contribution is -0.145. The van der Waals surface area contributed by atoms with Crippen molar-refractivity contribution in [2.75, 3.05) is 45.2 Å². The predicted octanol–water partition coefficient (Wildman–Crippen LogP) is 2.21. The summed E-state index contributed by atoms with van der Waals surface area (Å²) >= 11 is 5.89. The Kier molecular flexibility index (Phi) is 7.88. The average Bonchev–Trinajstić information content (AvgIpc) is 2.80. The summed E-state index contributed by atoms with van der Waals surface area (Å²) in [5.41, 5.74) is 1.03. The number of ether oxygens (including phenoxy) is 1. The number of methoxy groups -OCH3 is 1. The van der Waals surface area contributed by atoms with Crippen molar-refractivity contribution in [3.05, 3.63) is 59.2 Å². The Hall–Kier alpha value is -2.20. The molecule has 8 nitrogen and oxygen atoms in total. The first-order valence-corrected chi connectivity index (χ1v) is 11.8. The van der Waals surface area contributed by atoms with Gasteiger partial charge in [-0.15, -0.1) is 0 Å². The Morgan fingerprint density at radius 3 is 2.42 bits per heavy atom. The maximum absolute atomic E-state index is 13.2. The minimum Gasteiger partial charge on any atom is -0.468 e. The van der Waals surface area contributed by atoms with E-state index >= 15 is 0 Å². The zero-order chi connectivity index (χ0) is 22.4. The fraction of sp³-hybridized carbons (Fsp3) is 0.429. The summed E-state index contributed by atoms with van der Waals surface area (Å²) in [6.45, 7) is 1.58. The number of nitrogens with zero attached hydrogens (tertiary/aromatic N) is 4. The highest BCUT2D eigenvalue weighted by molar-refractivity contribution is 7.86. The van der Waals surface area contributed by atoms with Gasteiger partial charge in [-0.05, 0) is 30.5 Å². The fourth-order valence-electron chi connectivity index (χ4n) is 3.58. The van der Waals surface area contributed by atoms with E-state index in [1.165, 1.54) is 18.5 Å². The van der Waals surface area contributed by atoms with Gasteiger partial charge in [0, 0.05) is 39.4 Å². The first kappa shape index (κ1) is 23.5. The number of piperazine rings is 1. The van der Waals surface area contributed by atoms with Gasteiger partial charge in [0.15, 0.2) is 0 Å². The topological polar surface area (TPSA) is 83.0 Å². The molecule has 0 radical (unpaired) electrons. The van der Waals surface area contributed by atoms with E-state index in [4.69, 9.17) is 16.3 Å². The highest BCUT2D eigenvalue weighted by atomic mass is 35.5. The number of aryl methyl sites for hydroxylation is 1. The zero-order valence-corrected chi connectivity index (χ0v) is 19.2. The third kappa shape index (κ3) is 5.74. The number of carbonyl (C=O) groups excluding carboxylic acids is 1. The van der Waals surface area contributed by atoms with Crippen LogP contribution in [0.5, 0.6) is 0 Å². The quantitative estimate of drug-likeness (QED) is 0.555. The summed E-state index contributed by atoms with van der Waals surface area (Å²) in [4.78, 5) is 18.7. The van der Waals surface area contributed by atoms with E-state index in [0.29, 0.717) is 44.0 Å². The van der Waals surface area contributed by atoms with Gasteiger partial charge in [-0.1, -0.05) is 41.9 Å². The van der Waals surface area contributed by atoms with Crippen molar-refractivity contribution in [2.45, 2.75) is 18.9 Å². The minimum absolute atomic E-state index is 0.295. The van der Waals surface area contributed by atoms with E-state index in [1.807, 2.05) is 41.3 Å². The number of hydrogen-bond donors (Lipinski definition) is 0. The molecule has 0 aliphatic carbocycles. The molecular weight excluding hydrogens is 440 g/mol. The van der Waals surface area contributed by atoms with Crippen molar-refractivity contribution in [1.82, 2.24) is 13.6 Å². The van der Waals surface area contributed by atoms with Crippen molar-refractivity contribution in [1.29, 1.82) is 0 Å². The van der Waals surface area contributed by atoms with Gasteiger partial charge in [0.25, 0.3) is 10.2 Å². The molecular formula is C21H27ClN4O4S. The van der Waals surface area contributed by atoms with E-state index in [1.54, 1.807) is 12.3 Å². The summed E-state index contributed by atoms with van der Waals surface area (Å²) in [5, 5.41) is 0.552. The number of anilines is 1. The maximum atomic E-state index is 13.2. The Morgan fingerprint density at radius 2 is 1.84 bits per heavy atom. The lowest BCUT2D eigenvalue weighted by atomic mass is 10.1. The summed E-state index contributed by atoms with van der Waals surface area (Å²) in [5.74, 6) is 0.191. The number of carbonyl (C=O) groups is 1. The second-order valence-corrected chi connectivity index (χ2v) is 9.73. The van der Waals surface area contributed by atoms with E-state index in [-0.39, 0.29) is 0 Å². The molecule has 2 heterocycles. The monoisotopic (exact) mass is 466 g/mol. The van der Waals surface area contributed by atoms with Crippen LogP contribution in [-0.4, -0.2) is 74.4 Å². The molecule has 2 aromatic rings. The van der Waals surface area contributed by atoms with Crippen LogP contribution in [0.25, 0.3) is 0 Å². The molecule has 1 aromatic carbocycles. The molecule has 0 N–H and O–H groups in total. The Labute approximate surface area is 188 Å². The summed E-state index contributed by atoms with van der Waals surface area (Å²) < 4.78 is 33.9. The number of benzene rings is 1. The molecule has 1 unspecified atom stereocenters. The van der Waals surface area contributed by atoms with Crippen molar-refractivity contribution >= 4 is 33.6 Å². The van der Waals surface area contributed by atoms with E-state index in [2.05, 4.69) is 4.98 Å². The number of pyridine rings is 1. The van der Waals surface area contributed by atoms with E-state index < -0.39 is 22.2 Å². The highest BCUT2D eigenvalue weighted by Crippen LogP contribution is 2.21. The predicted molar refractivity (Wildman–Crippen MR) is 120 cm³/mol. The molecule has 1 atom stereocenters. The molecule has 31 heavy (non-hydrogen) atoms. The third-order valence-corrected chi connectivity index (χ3v) is 7.65. The van der Waals surface area contributed by atoms with Gasteiger partial charge in [0.2, 0.25) is 0 Å². The molecule has 1 aliphatic heterocycles. The maximum Gasteiger partial charge on any atom is 0.324 e. The average molecular weight is 467 g/mol. The molecule has 3 rings (SSSR count). The van der Waals surface area contributed by atoms with Gasteiger partial charge in [0.05, 0.1) is 12.1 Å². The van der Waals surface area contributed by atoms with E-state index in [9.17, 15) is 13.2 Å². The van der Waals surface area contributed by atoms with Crippen LogP contribution >= 0.6 is 11.6 Å². The Morgan fingerprint density at radius 1 is 1.16 bits per heavy atom. The number of aromatic nitrogens is 1. The number of hydrogen-bond acceptors (Lipinski definition) is 6. The summed E-state index contributed by atoms with van der Waals surface area (Å²) in [6.07, 6.45) is 2.47. The van der Waals surface area contributed by atoms with Crippen molar-refractivity contribution in [2.24, 2.45) is 0 Å². The molecule has 1 saturated heterocycles. The molecule has 0 spiro atoms. The molecule has 1 aliphatic rings. The molecule has 0 amide bonds. The van der Waals surface area contributed by atoms with Crippen LogP contribution in [-0.2, 0) is 26.2 Å². The number of halogens is 1. The molecule has 0 bridgehead atoms. The second-order valence-electron chi connectivity index (χ2n) is 7.31. The third-order valence-electron chi connectivity index (χ3n) is 5.43. The molecule has 168 valence electrons. The van der Waals surface area contributed by atoms with Gasteiger partial charge in [-0.2, -0.15) is 17.0 Å². The van der Waals surface area contributed by atoms with Gasteiger partial charge in [-0.25, -0.2) is 4.98 Å². The summed E-state index contributed by atoms with van der Waals surface area (Å²) in [7, 11) is -1.12. The van der Waals surface area contributed by atoms with Crippen molar-refractivity contribution in [3.8, 4) is 0 Å². The SMILES string of the molecule is COC(=O)C(CCc1ccccc1)N(C)S(=O)(=O)N1CCN(c2ccc(Cl)cn2)CC1. The normalized spacial score (nSPS) is 16.3.